The van der Waals surface area contributed by atoms with Crippen molar-refractivity contribution in [1.82, 2.24) is 20.2 Å². The zero-order chi connectivity index (χ0) is 13.2. The Kier molecular flexibility index (Phi) is 3.46. The van der Waals surface area contributed by atoms with Crippen molar-refractivity contribution < 1.29 is 4.79 Å². The number of carbonyl (C=O) groups is 1. The number of aromatic nitrogens is 2. The largest absolute Gasteiger partial charge is 0.333 e. The van der Waals surface area contributed by atoms with Gasteiger partial charge in [-0.3, -0.25) is 4.79 Å². The molecule has 2 aliphatic rings. The molecule has 0 spiro atoms. The number of hydrogen-bond donors (Lipinski definition) is 1. The van der Waals surface area contributed by atoms with E-state index in [9.17, 15) is 4.79 Å². The quantitative estimate of drug-likeness (QED) is 0.883. The van der Waals surface area contributed by atoms with E-state index in [0.717, 1.165) is 44.6 Å². The SMILES string of the molecule is CNCC1CCCN1C(=O)c1ccnc(C2CC2)n1. The molecule has 2 fully saturated rings. The lowest BCUT2D eigenvalue weighted by atomic mass is 10.2. The van der Waals surface area contributed by atoms with Gasteiger partial charge in [0.2, 0.25) is 0 Å². The molecule has 1 atom stereocenters. The topological polar surface area (TPSA) is 58.1 Å². The van der Waals surface area contributed by atoms with Crippen molar-refractivity contribution in [1.29, 1.82) is 0 Å². The number of hydrogen-bond acceptors (Lipinski definition) is 4. The third-order valence-electron chi connectivity index (χ3n) is 3.91. The van der Waals surface area contributed by atoms with E-state index in [4.69, 9.17) is 0 Å². The molecule has 0 aromatic carbocycles. The predicted molar refractivity (Wildman–Crippen MR) is 72.0 cm³/mol. The van der Waals surface area contributed by atoms with Crippen molar-refractivity contribution in [3.05, 3.63) is 23.8 Å². The van der Waals surface area contributed by atoms with Crippen LogP contribution in [-0.4, -0.2) is 47.0 Å². The molecule has 1 aliphatic heterocycles. The predicted octanol–water partition coefficient (Wildman–Crippen LogP) is 1.18. The van der Waals surface area contributed by atoms with E-state index >= 15 is 0 Å². The molecule has 1 N–H and O–H groups in total. The minimum Gasteiger partial charge on any atom is -0.333 e. The highest BCUT2D eigenvalue weighted by Crippen LogP contribution is 2.37. The standard InChI is InChI=1S/C14H20N4O/c1-15-9-11-3-2-8-18(11)14(19)12-6-7-16-13(17-12)10-4-5-10/h6-7,10-11,15H,2-5,8-9H2,1H3. The maximum absolute atomic E-state index is 12.5. The second kappa shape index (κ2) is 5.25. The Morgan fingerprint density at radius 1 is 1.47 bits per heavy atom. The highest BCUT2D eigenvalue weighted by Gasteiger charge is 2.31. The van der Waals surface area contributed by atoms with Crippen LogP contribution in [0.5, 0.6) is 0 Å². The lowest BCUT2D eigenvalue weighted by molar-refractivity contribution is 0.0730. The first kappa shape index (κ1) is 12.5. The zero-order valence-electron chi connectivity index (χ0n) is 11.3. The molecule has 2 heterocycles. The molecule has 1 saturated heterocycles. The van der Waals surface area contributed by atoms with Crippen LogP contribution in [0.15, 0.2) is 12.3 Å². The molecule has 1 aliphatic carbocycles. The van der Waals surface area contributed by atoms with Crippen LogP contribution in [0.2, 0.25) is 0 Å². The van der Waals surface area contributed by atoms with E-state index in [0.29, 0.717) is 17.7 Å². The maximum atomic E-state index is 12.5. The Bertz CT molecular complexity index is 472. The van der Waals surface area contributed by atoms with Gasteiger partial charge in [0.25, 0.3) is 5.91 Å². The molecule has 1 aromatic rings. The van der Waals surface area contributed by atoms with Gasteiger partial charge in [-0.1, -0.05) is 0 Å². The fraction of sp³-hybridized carbons (Fsp3) is 0.643. The summed E-state index contributed by atoms with van der Waals surface area (Å²) in [7, 11) is 1.93. The Labute approximate surface area is 113 Å². The van der Waals surface area contributed by atoms with Crippen LogP contribution in [0.4, 0.5) is 0 Å². The van der Waals surface area contributed by atoms with Gasteiger partial charge in [0.1, 0.15) is 11.5 Å². The first-order valence-electron chi connectivity index (χ1n) is 7.08. The third-order valence-corrected chi connectivity index (χ3v) is 3.91. The monoisotopic (exact) mass is 260 g/mol. The van der Waals surface area contributed by atoms with Gasteiger partial charge in [0, 0.05) is 31.2 Å². The van der Waals surface area contributed by atoms with E-state index in [1.165, 1.54) is 0 Å². The number of nitrogens with one attached hydrogen (secondary N) is 1. The summed E-state index contributed by atoms with van der Waals surface area (Å²) in [6.07, 6.45) is 6.19. The fourth-order valence-electron chi connectivity index (χ4n) is 2.73. The van der Waals surface area contributed by atoms with Crippen LogP contribution in [0.25, 0.3) is 0 Å². The molecule has 1 aromatic heterocycles. The van der Waals surface area contributed by atoms with Crippen LogP contribution in [0, 0.1) is 0 Å². The number of carbonyl (C=O) groups excluding carboxylic acids is 1. The first-order chi connectivity index (χ1) is 9.29. The van der Waals surface area contributed by atoms with Gasteiger partial charge >= 0.3 is 0 Å². The first-order valence-corrected chi connectivity index (χ1v) is 7.08. The van der Waals surface area contributed by atoms with E-state index < -0.39 is 0 Å². The second-order valence-electron chi connectivity index (χ2n) is 5.43. The Hall–Kier alpha value is -1.49. The summed E-state index contributed by atoms with van der Waals surface area (Å²) in [5, 5.41) is 3.16. The average Bonchev–Trinajstić information content (AvgIpc) is 3.19. The van der Waals surface area contributed by atoms with Crippen LogP contribution < -0.4 is 5.32 Å². The van der Waals surface area contributed by atoms with E-state index in [2.05, 4.69) is 15.3 Å². The normalized spacial score (nSPS) is 22.8. The van der Waals surface area contributed by atoms with Gasteiger partial charge in [-0.15, -0.1) is 0 Å². The van der Waals surface area contributed by atoms with Crippen molar-refractivity contribution in [3.63, 3.8) is 0 Å². The van der Waals surface area contributed by atoms with Crippen LogP contribution in [0.3, 0.4) is 0 Å². The van der Waals surface area contributed by atoms with Crippen LogP contribution >= 0.6 is 0 Å². The van der Waals surface area contributed by atoms with E-state index in [1.807, 2.05) is 11.9 Å². The van der Waals surface area contributed by atoms with Crippen molar-refractivity contribution in [2.75, 3.05) is 20.1 Å². The Morgan fingerprint density at radius 3 is 3.05 bits per heavy atom. The Morgan fingerprint density at radius 2 is 2.32 bits per heavy atom. The smallest absolute Gasteiger partial charge is 0.272 e. The van der Waals surface area contributed by atoms with Gasteiger partial charge in [-0.05, 0) is 38.8 Å². The highest BCUT2D eigenvalue weighted by atomic mass is 16.2. The molecule has 102 valence electrons. The maximum Gasteiger partial charge on any atom is 0.272 e. The van der Waals surface area contributed by atoms with Crippen LogP contribution in [0.1, 0.15) is 47.9 Å². The van der Waals surface area contributed by atoms with Crippen molar-refractivity contribution >= 4 is 5.91 Å². The minimum atomic E-state index is 0.0575. The van der Waals surface area contributed by atoms with Gasteiger partial charge in [-0.25, -0.2) is 9.97 Å². The fourth-order valence-corrected chi connectivity index (χ4v) is 2.73. The molecule has 0 bridgehead atoms. The molecule has 5 heteroatoms. The molecule has 1 saturated carbocycles. The summed E-state index contributed by atoms with van der Waals surface area (Å²) < 4.78 is 0. The van der Waals surface area contributed by atoms with Crippen molar-refractivity contribution in [3.8, 4) is 0 Å². The minimum absolute atomic E-state index is 0.0575. The van der Waals surface area contributed by atoms with Crippen molar-refractivity contribution in [2.45, 2.75) is 37.6 Å². The summed E-state index contributed by atoms with van der Waals surface area (Å²) in [6.45, 7) is 1.69. The summed E-state index contributed by atoms with van der Waals surface area (Å²) in [6, 6.07) is 2.04. The molecular weight excluding hydrogens is 240 g/mol. The second-order valence-corrected chi connectivity index (χ2v) is 5.43. The van der Waals surface area contributed by atoms with E-state index in [1.54, 1.807) is 12.3 Å². The highest BCUT2D eigenvalue weighted by molar-refractivity contribution is 5.92. The summed E-state index contributed by atoms with van der Waals surface area (Å²) >= 11 is 0. The molecule has 1 amide bonds. The zero-order valence-corrected chi connectivity index (χ0v) is 11.3. The van der Waals surface area contributed by atoms with Gasteiger partial charge in [-0.2, -0.15) is 0 Å². The summed E-state index contributed by atoms with van der Waals surface area (Å²) in [5.41, 5.74) is 0.555. The lowest BCUT2D eigenvalue weighted by Gasteiger charge is -2.24. The molecule has 0 radical (unpaired) electrons. The lowest BCUT2D eigenvalue weighted by Crippen LogP contribution is -2.41. The molecule has 19 heavy (non-hydrogen) atoms. The average molecular weight is 260 g/mol. The summed E-state index contributed by atoms with van der Waals surface area (Å²) in [4.78, 5) is 23.2. The number of likely N-dealkylation sites (N-methyl/N-ethyl adjacent to an activating group) is 1. The molecule has 5 nitrogen and oxygen atoms in total. The number of amides is 1. The molecule has 3 rings (SSSR count). The molecular formula is C14H20N4O. The van der Waals surface area contributed by atoms with Gasteiger partial charge in [0.15, 0.2) is 0 Å². The Balaban J connectivity index is 1.77. The molecule has 1 unspecified atom stereocenters. The summed E-state index contributed by atoms with van der Waals surface area (Å²) in [5.74, 6) is 1.39. The third kappa shape index (κ3) is 2.61. The van der Waals surface area contributed by atoms with Crippen molar-refractivity contribution in [2.24, 2.45) is 0 Å². The number of likely N-dealkylation sites (tertiary alicyclic amines) is 1. The number of rotatable bonds is 4. The van der Waals surface area contributed by atoms with Crippen LogP contribution in [-0.2, 0) is 0 Å². The van der Waals surface area contributed by atoms with Gasteiger partial charge < -0.3 is 10.2 Å². The van der Waals surface area contributed by atoms with Gasteiger partial charge in [0.05, 0.1) is 0 Å². The number of nitrogens with zero attached hydrogens (tertiary/aromatic N) is 3. The van der Waals surface area contributed by atoms with E-state index in [-0.39, 0.29) is 5.91 Å².